The molecule has 23 heavy (non-hydrogen) atoms. The fraction of sp³-hybridized carbons (Fsp3) is 0.706. The van der Waals surface area contributed by atoms with Crippen LogP contribution in [0.4, 0.5) is 11.8 Å². The highest BCUT2D eigenvalue weighted by Gasteiger charge is 2.22. The summed E-state index contributed by atoms with van der Waals surface area (Å²) in [4.78, 5) is 27.4. The van der Waals surface area contributed by atoms with Crippen LogP contribution in [0.15, 0.2) is 6.07 Å². The molecule has 6 heteroatoms. The molecule has 0 atom stereocenters. The van der Waals surface area contributed by atoms with Gasteiger partial charge in [-0.25, -0.2) is 4.98 Å². The molecule has 0 N–H and O–H groups in total. The first kappa shape index (κ1) is 16.0. The van der Waals surface area contributed by atoms with Crippen molar-refractivity contribution in [1.29, 1.82) is 0 Å². The Bertz CT molecular complexity index is 546. The number of rotatable bonds is 2. The van der Waals surface area contributed by atoms with E-state index in [4.69, 9.17) is 4.98 Å². The third-order valence-electron chi connectivity index (χ3n) is 4.77. The molecule has 1 aromatic heterocycles. The van der Waals surface area contributed by atoms with Crippen molar-refractivity contribution in [2.45, 2.75) is 39.5 Å². The maximum atomic E-state index is 11.5. The minimum atomic E-state index is 0.153. The Morgan fingerprint density at radius 3 is 2.17 bits per heavy atom. The summed E-state index contributed by atoms with van der Waals surface area (Å²) in [6.07, 6.45) is 5.13. The number of carbonyl (C=O) groups is 1. The van der Waals surface area contributed by atoms with Crippen LogP contribution in [-0.2, 0) is 4.79 Å². The van der Waals surface area contributed by atoms with Crippen molar-refractivity contribution >= 4 is 17.7 Å². The smallest absolute Gasteiger partial charge is 0.227 e. The number of anilines is 2. The van der Waals surface area contributed by atoms with Gasteiger partial charge in [0.2, 0.25) is 11.9 Å². The SMILES string of the molecule is CC(=O)N1CCN(c2nc(C)cc(N3CCCCCC3)n2)CC1. The summed E-state index contributed by atoms with van der Waals surface area (Å²) in [5.74, 6) is 2.02. The molecular weight excluding hydrogens is 290 g/mol. The predicted octanol–water partition coefficient (Wildman–Crippen LogP) is 1.83. The van der Waals surface area contributed by atoms with E-state index in [1.54, 1.807) is 6.92 Å². The first-order valence-corrected chi connectivity index (χ1v) is 8.74. The molecule has 0 bridgehead atoms. The van der Waals surface area contributed by atoms with E-state index in [1.165, 1.54) is 25.7 Å². The highest BCUT2D eigenvalue weighted by Crippen LogP contribution is 2.21. The first-order valence-electron chi connectivity index (χ1n) is 8.74. The van der Waals surface area contributed by atoms with Crippen LogP contribution in [0.5, 0.6) is 0 Å². The van der Waals surface area contributed by atoms with E-state index in [1.807, 2.05) is 11.8 Å². The monoisotopic (exact) mass is 317 g/mol. The number of hydrogen-bond donors (Lipinski definition) is 0. The lowest BCUT2D eigenvalue weighted by molar-refractivity contribution is -0.129. The van der Waals surface area contributed by atoms with E-state index >= 15 is 0 Å². The predicted molar refractivity (Wildman–Crippen MR) is 91.9 cm³/mol. The summed E-state index contributed by atoms with van der Waals surface area (Å²) in [5, 5.41) is 0. The molecule has 3 rings (SSSR count). The normalized spacial score (nSPS) is 19.7. The summed E-state index contributed by atoms with van der Waals surface area (Å²) in [6, 6.07) is 2.10. The van der Waals surface area contributed by atoms with E-state index < -0.39 is 0 Å². The van der Waals surface area contributed by atoms with Gasteiger partial charge in [0, 0.05) is 58.0 Å². The molecule has 0 unspecified atom stereocenters. The summed E-state index contributed by atoms with van der Waals surface area (Å²) in [5.41, 5.74) is 1.02. The molecule has 1 aromatic rings. The molecule has 2 fully saturated rings. The Morgan fingerprint density at radius 1 is 0.913 bits per heavy atom. The van der Waals surface area contributed by atoms with Crippen molar-refractivity contribution in [3.8, 4) is 0 Å². The molecule has 0 radical (unpaired) electrons. The number of piperazine rings is 1. The van der Waals surface area contributed by atoms with Crippen molar-refractivity contribution < 1.29 is 4.79 Å². The van der Waals surface area contributed by atoms with Gasteiger partial charge in [0.05, 0.1) is 0 Å². The standard InChI is InChI=1S/C17H27N5O/c1-14-13-16(21-7-5-3-4-6-8-21)19-17(18-14)22-11-9-20(10-12-22)15(2)23/h13H,3-12H2,1-2H3. The fourth-order valence-electron chi connectivity index (χ4n) is 3.36. The highest BCUT2D eigenvalue weighted by molar-refractivity contribution is 5.73. The molecule has 2 aliphatic rings. The molecule has 0 saturated carbocycles. The summed E-state index contributed by atoms with van der Waals surface area (Å²) in [6.45, 7) is 8.99. The van der Waals surface area contributed by atoms with Gasteiger partial charge in [-0.1, -0.05) is 12.8 Å². The average molecular weight is 317 g/mol. The minimum absolute atomic E-state index is 0.153. The van der Waals surface area contributed by atoms with Gasteiger partial charge in [-0.3, -0.25) is 4.79 Å². The quantitative estimate of drug-likeness (QED) is 0.833. The molecular formula is C17H27N5O. The molecule has 0 aromatic carbocycles. The van der Waals surface area contributed by atoms with Crippen LogP contribution in [0.25, 0.3) is 0 Å². The Balaban J connectivity index is 1.74. The van der Waals surface area contributed by atoms with Gasteiger partial charge in [0.15, 0.2) is 0 Å². The molecule has 3 heterocycles. The highest BCUT2D eigenvalue weighted by atomic mass is 16.2. The van der Waals surface area contributed by atoms with Gasteiger partial charge in [-0.2, -0.15) is 4.98 Å². The van der Waals surface area contributed by atoms with Crippen LogP contribution in [0, 0.1) is 6.92 Å². The van der Waals surface area contributed by atoms with E-state index in [9.17, 15) is 4.79 Å². The second-order valence-electron chi connectivity index (χ2n) is 6.56. The lowest BCUT2D eigenvalue weighted by Crippen LogP contribution is -2.48. The summed E-state index contributed by atoms with van der Waals surface area (Å²) < 4.78 is 0. The van der Waals surface area contributed by atoms with E-state index in [2.05, 4.69) is 20.9 Å². The second-order valence-corrected chi connectivity index (χ2v) is 6.56. The lowest BCUT2D eigenvalue weighted by atomic mass is 10.2. The van der Waals surface area contributed by atoms with Gasteiger partial charge in [0.1, 0.15) is 5.82 Å². The minimum Gasteiger partial charge on any atom is -0.356 e. The van der Waals surface area contributed by atoms with Crippen LogP contribution in [0.3, 0.4) is 0 Å². The Kier molecular flexibility index (Phi) is 4.98. The molecule has 0 aliphatic carbocycles. The van der Waals surface area contributed by atoms with Crippen LogP contribution < -0.4 is 9.80 Å². The fourth-order valence-corrected chi connectivity index (χ4v) is 3.36. The lowest BCUT2D eigenvalue weighted by Gasteiger charge is -2.34. The number of hydrogen-bond acceptors (Lipinski definition) is 5. The maximum Gasteiger partial charge on any atom is 0.227 e. The second kappa shape index (κ2) is 7.15. The van der Waals surface area contributed by atoms with Gasteiger partial charge >= 0.3 is 0 Å². The number of carbonyl (C=O) groups excluding carboxylic acids is 1. The topological polar surface area (TPSA) is 52.6 Å². The first-order chi connectivity index (χ1) is 11.1. The molecule has 2 aliphatic heterocycles. The Labute approximate surface area is 138 Å². The third kappa shape index (κ3) is 3.92. The van der Waals surface area contributed by atoms with E-state index in [-0.39, 0.29) is 5.91 Å². The van der Waals surface area contributed by atoms with Gasteiger partial charge in [-0.05, 0) is 19.8 Å². The number of nitrogens with zero attached hydrogens (tertiary/aromatic N) is 5. The van der Waals surface area contributed by atoms with Gasteiger partial charge in [-0.15, -0.1) is 0 Å². The number of aryl methyl sites for hydroxylation is 1. The summed E-state index contributed by atoms with van der Waals surface area (Å²) in [7, 11) is 0. The van der Waals surface area contributed by atoms with Gasteiger partial charge in [0.25, 0.3) is 0 Å². The number of aromatic nitrogens is 2. The van der Waals surface area contributed by atoms with E-state index in [0.29, 0.717) is 0 Å². The largest absolute Gasteiger partial charge is 0.356 e. The molecule has 6 nitrogen and oxygen atoms in total. The molecule has 126 valence electrons. The zero-order chi connectivity index (χ0) is 16.2. The molecule has 0 spiro atoms. The molecule has 2 saturated heterocycles. The van der Waals surface area contributed by atoms with Crippen LogP contribution >= 0.6 is 0 Å². The van der Waals surface area contributed by atoms with Crippen molar-refractivity contribution in [2.75, 3.05) is 49.1 Å². The van der Waals surface area contributed by atoms with Gasteiger partial charge < -0.3 is 14.7 Å². The molecule has 1 amide bonds. The third-order valence-corrected chi connectivity index (χ3v) is 4.77. The van der Waals surface area contributed by atoms with Crippen molar-refractivity contribution in [2.24, 2.45) is 0 Å². The van der Waals surface area contributed by atoms with Crippen LogP contribution in [-0.4, -0.2) is 60.0 Å². The summed E-state index contributed by atoms with van der Waals surface area (Å²) >= 11 is 0. The average Bonchev–Trinajstić information content (AvgIpc) is 2.83. The Hall–Kier alpha value is -1.85. The van der Waals surface area contributed by atoms with E-state index in [0.717, 1.165) is 56.7 Å². The zero-order valence-corrected chi connectivity index (χ0v) is 14.3. The van der Waals surface area contributed by atoms with Crippen LogP contribution in [0.2, 0.25) is 0 Å². The van der Waals surface area contributed by atoms with Crippen LogP contribution in [0.1, 0.15) is 38.3 Å². The van der Waals surface area contributed by atoms with Crippen molar-refractivity contribution in [1.82, 2.24) is 14.9 Å². The van der Waals surface area contributed by atoms with Crippen molar-refractivity contribution in [3.63, 3.8) is 0 Å². The maximum absolute atomic E-state index is 11.5. The number of amides is 1. The Morgan fingerprint density at radius 2 is 1.57 bits per heavy atom. The zero-order valence-electron chi connectivity index (χ0n) is 14.3. The van der Waals surface area contributed by atoms with Crippen molar-refractivity contribution in [3.05, 3.63) is 11.8 Å².